The molecule has 1 aromatic rings. The Bertz CT molecular complexity index is 299. The van der Waals surface area contributed by atoms with E-state index in [1.807, 2.05) is 12.1 Å². The van der Waals surface area contributed by atoms with Gasteiger partial charge in [0.15, 0.2) is 0 Å². The number of benzene rings is 1. The van der Waals surface area contributed by atoms with Gasteiger partial charge < -0.3 is 5.32 Å². The lowest BCUT2D eigenvalue weighted by Crippen LogP contribution is -2.12. The molecule has 14 heavy (non-hydrogen) atoms. The normalized spacial score (nSPS) is 26.7. The van der Waals surface area contributed by atoms with E-state index in [2.05, 4.69) is 33.4 Å². The second-order valence-corrected chi connectivity index (χ2v) is 4.65. The number of hydrogen-bond acceptors (Lipinski definition) is 1. The van der Waals surface area contributed by atoms with E-state index in [0.29, 0.717) is 5.92 Å². The van der Waals surface area contributed by atoms with Crippen molar-refractivity contribution in [2.45, 2.75) is 5.92 Å². The Balaban J connectivity index is 2.17. The molecule has 0 saturated carbocycles. The highest BCUT2D eigenvalue weighted by molar-refractivity contribution is 9.10. The number of halogens is 2. The van der Waals surface area contributed by atoms with Crippen LogP contribution in [-0.4, -0.2) is 19.8 Å². The number of rotatable bonds is 2. The van der Waals surface area contributed by atoms with E-state index in [4.69, 9.17) is 0 Å². The van der Waals surface area contributed by atoms with Crippen molar-refractivity contribution in [2.75, 3.05) is 19.8 Å². The van der Waals surface area contributed by atoms with Gasteiger partial charge in [-0.3, -0.25) is 4.39 Å². The summed E-state index contributed by atoms with van der Waals surface area (Å²) in [6, 6.07) is 8.18. The summed E-state index contributed by atoms with van der Waals surface area (Å²) in [4.78, 5) is 0. The Kier molecular flexibility index (Phi) is 3.19. The van der Waals surface area contributed by atoms with Crippen molar-refractivity contribution in [2.24, 2.45) is 5.92 Å². The first-order valence-electron chi connectivity index (χ1n) is 4.83. The molecule has 76 valence electrons. The molecule has 0 amide bonds. The smallest absolute Gasteiger partial charge is 0.0941 e. The second kappa shape index (κ2) is 4.41. The third-order valence-corrected chi connectivity index (χ3v) is 3.36. The lowest BCUT2D eigenvalue weighted by atomic mass is 9.90. The highest BCUT2D eigenvalue weighted by atomic mass is 79.9. The first-order valence-corrected chi connectivity index (χ1v) is 5.62. The highest BCUT2D eigenvalue weighted by Crippen LogP contribution is 2.29. The van der Waals surface area contributed by atoms with Crippen LogP contribution in [0.15, 0.2) is 28.7 Å². The van der Waals surface area contributed by atoms with E-state index < -0.39 is 0 Å². The Hall–Kier alpha value is -0.410. The van der Waals surface area contributed by atoms with Gasteiger partial charge in [-0.15, -0.1) is 0 Å². The number of alkyl halides is 1. The van der Waals surface area contributed by atoms with Crippen molar-refractivity contribution in [3.8, 4) is 0 Å². The molecule has 2 rings (SSSR count). The maximum absolute atomic E-state index is 12.7. The summed E-state index contributed by atoms with van der Waals surface area (Å²) in [7, 11) is 0. The summed E-state index contributed by atoms with van der Waals surface area (Å²) in [5, 5.41) is 3.23. The van der Waals surface area contributed by atoms with Crippen molar-refractivity contribution in [1.29, 1.82) is 0 Å². The van der Waals surface area contributed by atoms with Crippen LogP contribution in [0.2, 0.25) is 0 Å². The minimum absolute atomic E-state index is 0.149. The molecule has 1 aromatic carbocycles. The van der Waals surface area contributed by atoms with Crippen LogP contribution >= 0.6 is 15.9 Å². The van der Waals surface area contributed by atoms with Crippen molar-refractivity contribution in [1.82, 2.24) is 5.32 Å². The molecule has 0 spiro atoms. The number of nitrogens with one attached hydrogen (secondary N) is 1. The number of hydrogen-bond donors (Lipinski definition) is 1. The summed E-state index contributed by atoms with van der Waals surface area (Å²) in [5.74, 6) is 0.490. The molecule has 1 saturated heterocycles. The van der Waals surface area contributed by atoms with Crippen LogP contribution in [0.1, 0.15) is 11.5 Å². The zero-order valence-electron chi connectivity index (χ0n) is 7.84. The molecule has 0 aromatic heterocycles. The molecule has 2 atom stereocenters. The van der Waals surface area contributed by atoms with Crippen molar-refractivity contribution < 1.29 is 4.39 Å². The quantitative estimate of drug-likeness (QED) is 0.860. The summed E-state index contributed by atoms with van der Waals surface area (Å²) < 4.78 is 13.7. The van der Waals surface area contributed by atoms with Crippen LogP contribution in [0.3, 0.4) is 0 Å². The van der Waals surface area contributed by atoms with E-state index >= 15 is 0 Å². The summed E-state index contributed by atoms with van der Waals surface area (Å²) in [6.45, 7) is 1.47. The molecule has 1 heterocycles. The molecule has 0 bridgehead atoms. The maximum Gasteiger partial charge on any atom is 0.0941 e. The van der Waals surface area contributed by atoms with E-state index in [9.17, 15) is 4.39 Å². The Morgan fingerprint density at radius 3 is 2.64 bits per heavy atom. The Labute approximate surface area is 91.8 Å². The first kappa shape index (κ1) is 10.1. The summed E-state index contributed by atoms with van der Waals surface area (Å²) in [5.41, 5.74) is 1.24. The Morgan fingerprint density at radius 2 is 2.00 bits per heavy atom. The minimum Gasteiger partial charge on any atom is -0.316 e. The van der Waals surface area contributed by atoms with Crippen LogP contribution in [-0.2, 0) is 0 Å². The van der Waals surface area contributed by atoms with Gasteiger partial charge in [0.1, 0.15) is 0 Å². The monoisotopic (exact) mass is 257 g/mol. The fraction of sp³-hybridized carbons (Fsp3) is 0.455. The average molecular weight is 258 g/mol. The highest BCUT2D eigenvalue weighted by Gasteiger charge is 2.27. The van der Waals surface area contributed by atoms with Gasteiger partial charge in [0, 0.05) is 29.4 Å². The van der Waals surface area contributed by atoms with E-state index in [1.165, 1.54) is 5.56 Å². The van der Waals surface area contributed by atoms with Crippen LogP contribution < -0.4 is 5.32 Å². The van der Waals surface area contributed by atoms with Gasteiger partial charge in [0.25, 0.3) is 0 Å². The van der Waals surface area contributed by atoms with Gasteiger partial charge in [-0.25, -0.2) is 0 Å². The fourth-order valence-electron chi connectivity index (χ4n) is 2.00. The largest absolute Gasteiger partial charge is 0.316 e. The zero-order chi connectivity index (χ0) is 9.97. The molecule has 1 fully saturated rings. The Morgan fingerprint density at radius 1 is 1.29 bits per heavy atom. The first-order chi connectivity index (χ1) is 6.81. The molecule has 1 aliphatic heterocycles. The van der Waals surface area contributed by atoms with Gasteiger partial charge in [-0.2, -0.15) is 0 Å². The van der Waals surface area contributed by atoms with Crippen LogP contribution in [0.4, 0.5) is 4.39 Å². The average Bonchev–Trinajstić information content (AvgIpc) is 2.67. The van der Waals surface area contributed by atoms with E-state index in [1.54, 1.807) is 0 Å². The third kappa shape index (κ3) is 1.98. The molecule has 0 aliphatic carbocycles. The lowest BCUT2D eigenvalue weighted by Gasteiger charge is -2.15. The predicted octanol–water partition coefficient (Wildman–Crippen LogP) is 2.72. The van der Waals surface area contributed by atoms with Gasteiger partial charge >= 0.3 is 0 Å². The van der Waals surface area contributed by atoms with Crippen molar-refractivity contribution in [3.05, 3.63) is 34.3 Å². The lowest BCUT2D eigenvalue weighted by molar-refractivity contribution is 0.358. The molecule has 0 unspecified atom stereocenters. The van der Waals surface area contributed by atoms with Crippen molar-refractivity contribution >= 4 is 15.9 Å². The molecular formula is C11H13BrFN. The third-order valence-electron chi connectivity index (χ3n) is 2.84. The second-order valence-electron chi connectivity index (χ2n) is 3.73. The van der Waals surface area contributed by atoms with Crippen molar-refractivity contribution in [3.63, 3.8) is 0 Å². The van der Waals surface area contributed by atoms with E-state index in [0.717, 1.165) is 17.6 Å². The molecule has 0 radical (unpaired) electrons. The maximum atomic E-state index is 12.7. The molecule has 1 aliphatic rings. The molecule has 1 nitrogen and oxygen atoms in total. The van der Waals surface area contributed by atoms with E-state index in [-0.39, 0.29) is 12.6 Å². The molecule has 1 N–H and O–H groups in total. The van der Waals surface area contributed by atoms with Gasteiger partial charge in [0.2, 0.25) is 0 Å². The summed E-state index contributed by atoms with van der Waals surface area (Å²) in [6.07, 6.45) is 0. The van der Waals surface area contributed by atoms with Crippen LogP contribution in [0.25, 0.3) is 0 Å². The van der Waals surface area contributed by atoms with Crippen LogP contribution in [0, 0.1) is 5.92 Å². The van der Waals surface area contributed by atoms with Gasteiger partial charge in [0.05, 0.1) is 6.67 Å². The van der Waals surface area contributed by atoms with Gasteiger partial charge in [-0.05, 0) is 17.7 Å². The standard InChI is InChI=1S/C11H13BrFN/c12-10-3-1-8(2-4-10)11-7-14-6-9(11)5-13/h1-4,9,11,14H,5-7H2/t9-,11+/m1/s1. The van der Waals surface area contributed by atoms with Crippen LogP contribution in [0.5, 0.6) is 0 Å². The predicted molar refractivity (Wildman–Crippen MR) is 59.2 cm³/mol. The topological polar surface area (TPSA) is 12.0 Å². The minimum atomic E-state index is -0.228. The SMILES string of the molecule is FC[C@@H]1CNC[C@H]1c1ccc(Br)cc1. The van der Waals surface area contributed by atoms with Gasteiger partial charge in [-0.1, -0.05) is 28.1 Å². The fourth-order valence-corrected chi connectivity index (χ4v) is 2.26. The molecular weight excluding hydrogens is 245 g/mol. The molecule has 3 heteroatoms. The summed E-state index contributed by atoms with van der Waals surface area (Å²) >= 11 is 3.40. The zero-order valence-corrected chi connectivity index (χ0v) is 9.43.